The summed E-state index contributed by atoms with van der Waals surface area (Å²) in [6.07, 6.45) is -0.687. The quantitative estimate of drug-likeness (QED) is 0.838. The van der Waals surface area contributed by atoms with E-state index in [1.807, 2.05) is 24.3 Å². The topological polar surface area (TPSA) is 20.2 Å². The second-order valence-corrected chi connectivity index (χ2v) is 6.40. The molecular weight excluding hydrogens is 327 g/mol. The standard InChI is InChI=1S/C15H14BrFOS/c1-9-7-15(13(10(2)18)8-14(9)17)19-12-5-3-11(16)4-6-12/h3-8,10,18H,1-2H3/t10-/m0/s1. The van der Waals surface area contributed by atoms with E-state index in [4.69, 9.17) is 0 Å². The lowest BCUT2D eigenvalue weighted by Crippen LogP contribution is -1.97. The molecule has 0 aliphatic rings. The molecule has 100 valence electrons. The molecule has 19 heavy (non-hydrogen) atoms. The largest absolute Gasteiger partial charge is 0.389 e. The number of aliphatic hydroxyl groups excluding tert-OH is 1. The van der Waals surface area contributed by atoms with Crippen molar-refractivity contribution in [3.05, 3.63) is 57.8 Å². The summed E-state index contributed by atoms with van der Waals surface area (Å²) in [7, 11) is 0. The van der Waals surface area contributed by atoms with E-state index in [1.165, 1.54) is 17.8 Å². The van der Waals surface area contributed by atoms with Gasteiger partial charge in [-0.3, -0.25) is 0 Å². The van der Waals surface area contributed by atoms with Crippen LogP contribution in [-0.2, 0) is 0 Å². The van der Waals surface area contributed by atoms with E-state index in [0.29, 0.717) is 11.1 Å². The highest BCUT2D eigenvalue weighted by Gasteiger charge is 2.12. The van der Waals surface area contributed by atoms with E-state index in [0.717, 1.165) is 14.3 Å². The highest BCUT2D eigenvalue weighted by atomic mass is 79.9. The maximum atomic E-state index is 13.6. The first-order chi connectivity index (χ1) is 8.97. The molecule has 0 bridgehead atoms. The number of rotatable bonds is 3. The minimum absolute atomic E-state index is 0.281. The first kappa shape index (κ1) is 14.6. The van der Waals surface area contributed by atoms with Crippen molar-refractivity contribution in [1.82, 2.24) is 0 Å². The molecule has 0 aromatic heterocycles. The smallest absolute Gasteiger partial charge is 0.126 e. The Morgan fingerprint density at radius 3 is 2.42 bits per heavy atom. The second kappa shape index (κ2) is 6.07. The Hall–Kier alpha value is -0.840. The molecular formula is C15H14BrFOS. The van der Waals surface area contributed by atoms with Crippen molar-refractivity contribution < 1.29 is 9.50 Å². The van der Waals surface area contributed by atoms with E-state index in [1.54, 1.807) is 19.9 Å². The number of hydrogen-bond donors (Lipinski definition) is 1. The molecule has 4 heteroatoms. The van der Waals surface area contributed by atoms with Crippen LogP contribution in [0.15, 0.2) is 50.7 Å². The monoisotopic (exact) mass is 340 g/mol. The highest BCUT2D eigenvalue weighted by molar-refractivity contribution is 9.10. The molecule has 0 amide bonds. The number of aryl methyl sites for hydroxylation is 1. The lowest BCUT2D eigenvalue weighted by atomic mass is 10.1. The van der Waals surface area contributed by atoms with Crippen molar-refractivity contribution in [3.63, 3.8) is 0 Å². The Bertz CT molecular complexity index is 581. The Morgan fingerprint density at radius 2 is 1.84 bits per heavy atom. The third-order valence-corrected chi connectivity index (χ3v) is 4.39. The lowest BCUT2D eigenvalue weighted by Gasteiger charge is -2.13. The molecule has 0 unspecified atom stereocenters. The summed E-state index contributed by atoms with van der Waals surface area (Å²) in [4.78, 5) is 1.94. The van der Waals surface area contributed by atoms with Gasteiger partial charge in [0, 0.05) is 14.3 Å². The van der Waals surface area contributed by atoms with Gasteiger partial charge in [0.25, 0.3) is 0 Å². The van der Waals surface area contributed by atoms with E-state index in [2.05, 4.69) is 15.9 Å². The minimum atomic E-state index is -0.687. The molecule has 0 saturated heterocycles. The molecule has 1 atom stereocenters. The van der Waals surface area contributed by atoms with Gasteiger partial charge in [0.1, 0.15) is 5.82 Å². The average molecular weight is 341 g/mol. The molecule has 0 aliphatic carbocycles. The minimum Gasteiger partial charge on any atom is -0.389 e. The summed E-state index contributed by atoms with van der Waals surface area (Å²) in [6, 6.07) is 11.1. The fourth-order valence-electron chi connectivity index (χ4n) is 1.71. The summed E-state index contributed by atoms with van der Waals surface area (Å²) in [6.45, 7) is 3.38. The Kier molecular flexibility index (Phi) is 4.66. The van der Waals surface area contributed by atoms with Crippen LogP contribution in [0.4, 0.5) is 4.39 Å². The zero-order valence-electron chi connectivity index (χ0n) is 10.7. The molecule has 1 N–H and O–H groups in total. The zero-order chi connectivity index (χ0) is 14.0. The summed E-state index contributed by atoms with van der Waals surface area (Å²) >= 11 is 4.92. The molecule has 0 saturated carbocycles. The van der Waals surface area contributed by atoms with Gasteiger partial charge in [0.15, 0.2) is 0 Å². The van der Waals surface area contributed by atoms with Crippen molar-refractivity contribution >= 4 is 27.7 Å². The average Bonchev–Trinajstić information content (AvgIpc) is 2.36. The van der Waals surface area contributed by atoms with Crippen LogP contribution in [-0.4, -0.2) is 5.11 Å². The maximum Gasteiger partial charge on any atom is 0.126 e. The zero-order valence-corrected chi connectivity index (χ0v) is 13.1. The Morgan fingerprint density at radius 1 is 1.21 bits per heavy atom. The van der Waals surface area contributed by atoms with E-state index >= 15 is 0 Å². The summed E-state index contributed by atoms with van der Waals surface area (Å²) in [5, 5.41) is 9.75. The summed E-state index contributed by atoms with van der Waals surface area (Å²) in [5.41, 5.74) is 1.21. The predicted octanol–water partition coefficient (Wildman–Crippen LogP) is 5.10. The van der Waals surface area contributed by atoms with Gasteiger partial charge in [0.05, 0.1) is 6.10 Å². The van der Waals surface area contributed by atoms with E-state index in [9.17, 15) is 9.50 Å². The maximum absolute atomic E-state index is 13.6. The van der Waals surface area contributed by atoms with Crippen LogP contribution in [0.25, 0.3) is 0 Å². The summed E-state index contributed by atoms with van der Waals surface area (Å²) < 4.78 is 14.6. The Labute approximate surface area is 125 Å². The van der Waals surface area contributed by atoms with Crippen LogP contribution < -0.4 is 0 Å². The molecule has 2 rings (SSSR count). The van der Waals surface area contributed by atoms with Gasteiger partial charge in [0.2, 0.25) is 0 Å². The second-order valence-electron chi connectivity index (χ2n) is 4.37. The number of aliphatic hydroxyl groups is 1. The van der Waals surface area contributed by atoms with Gasteiger partial charge in [-0.25, -0.2) is 4.39 Å². The van der Waals surface area contributed by atoms with Gasteiger partial charge in [-0.1, -0.05) is 27.7 Å². The van der Waals surface area contributed by atoms with Gasteiger partial charge in [-0.05, 0) is 61.4 Å². The molecule has 0 spiro atoms. The fourth-order valence-corrected chi connectivity index (χ4v) is 3.09. The van der Waals surface area contributed by atoms with Gasteiger partial charge >= 0.3 is 0 Å². The third kappa shape index (κ3) is 3.59. The SMILES string of the molecule is Cc1cc(Sc2ccc(Br)cc2)c([C@H](C)O)cc1F. The third-order valence-electron chi connectivity index (χ3n) is 2.78. The van der Waals surface area contributed by atoms with Crippen LogP contribution in [0.3, 0.4) is 0 Å². The van der Waals surface area contributed by atoms with Crippen molar-refractivity contribution in [2.45, 2.75) is 29.7 Å². The summed E-state index contributed by atoms with van der Waals surface area (Å²) in [5.74, 6) is -0.281. The molecule has 0 aliphatic heterocycles. The van der Waals surface area contributed by atoms with Gasteiger partial charge in [-0.2, -0.15) is 0 Å². The highest BCUT2D eigenvalue weighted by Crippen LogP contribution is 2.35. The van der Waals surface area contributed by atoms with Gasteiger partial charge in [-0.15, -0.1) is 0 Å². The van der Waals surface area contributed by atoms with Crippen LogP contribution in [0.1, 0.15) is 24.2 Å². The molecule has 0 heterocycles. The number of halogens is 2. The molecule has 0 fully saturated rings. The van der Waals surface area contributed by atoms with Crippen molar-refractivity contribution in [2.75, 3.05) is 0 Å². The number of benzene rings is 2. The molecule has 2 aromatic rings. The van der Waals surface area contributed by atoms with E-state index < -0.39 is 6.10 Å². The fraction of sp³-hybridized carbons (Fsp3) is 0.200. The van der Waals surface area contributed by atoms with Crippen LogP contribution >= 0.6 is 27.7 Å². The Balaban J connectivity index is 2.38. The lowest BCUT2D eigenvalue weighted by molar-refractivity contribution is 0.196. The van der Waals surface area contributed by atoms with E-state index in [-0.39, 0.29) is 5.82 Å². The predicted molar refractivity (Wildman–Crippen MR) is 80.0 cm³/mol. The van der Waals surface area contributed by atoms with Crippen LogP contribution in [0.2, 0.25) is 0 Å². The van der Waals surface area contributed by atoms with Crippen molar-refractivity contribution in [1.29, 1.82) is 0 Å². The molecule has 1 nitrogen and oxygen atoms in total. The first-order valence-electron chi connectivity index (χ1n) is 5.89. The van der Waals surface area contributed by atoms with Crippen LogP contribution in [0.5, 0.6) is 0 Å². The first-order valence-corrected chi connectivity index (χ1v) is 7.50. The van der Waals surface area contributed by atoms with Crippen molar-refractivity contribution in [3.8, 4) is 0 Å². The van der Waals surface area contributed by atoms with Crippen LogP contribution in [0, 0.1) is 12.7 Å². The molecule has 0 radical (unpaired) electrons. The normalized spacial score (nSPS) is 12.5. The van der Waals surface area contributed by atoms with Gasteiger partial charge < -0.3 is 5.11 Å². The van der Waals surface area contributed by atoms with Crippen molar-refractivity contribution in [2.24, 2.45) is 0 Å². The molecule has 2 aromatic carbocycles. The number of hydrogen-bond acceptors (Lipinski definition) is 2.